The van der Waals surface area contributed by atoms with Crippen LogP contribution in [-0.4, -0.2) is 19.3 Å². The molecule has 0 N–H and O–H groups in total. The minimum Gasteiger partial charge on any atom is -0.282 e. The second-order valence-corrected chi connectivity index (χ2v) is 5.19. The molecule has 7 nitrogen and oxygen atoms in total. The molecule has 2 aromatic carbocycles. The molecule has 0 aliphatic heterocycles. The average Bonchev–Trinajstić information content (AvgIpc) is 2.98. The van der Waals surface area contributed by atoms with Crippen molar-refractivity contribution in [3.63, 3.8) is 0 Å². The highest BCUT2D eigenvalue weighted by Crippen LogP contribution is 2.26. The summed E-state index contributed by atoms with van der Waals surface area (Å²) in [6, 6.07) is 15.7. The van der Waals surface area contributed by atoms with Gasteiger partial charge < -0.3 is 0 Å². The minimum absolute atomic E-state index is 0.00937. The maximum absolute atomic E-state index is 10.8. The molecule has 0 aliphatic carbocycles. The smallest absolute Gasteiger partial charge is 0.269 e. The average molecular weight is 315 g/mol. The van der Waals surface area contributed by atoms with Gasteiger partial charge in [0.1, 0.15) is 6.07 Å². The Morgan fingerprint density at radius 3 is 2.54 bits per heavy atom. The van der Waals surface area contributed by atoms with Gasteiger partial charge in [-0.15, -0.1) is 0 Å². The lowest BCUT2D eigenvalue weighted by Gasteiger charge is -2.04. The van der Waals surface area contributed by atoms with Crippen LogP contribution in [0.2, 0.25) is 0 Å². The Bertz CT molecular complexity index is 1140. The van der Waals surface area contributed by atoms with E-state index in [0.29, 0.717) is 22.6 Å². The Kier molecular flexibility index (Phi) is 2.96. The predicted octanol–water partition coefficient (Wildman–Crippen LogP) is 3.33. The van der Waals surface area contributed by atoms with E-state index in [1.54, 1.807) is 22.7 Å². The summed E-state index contributed by atoms with van der Waals surface area (Å²) in [5.41, 5.74) is 3.10. The van der Waals surface area contributed by atoms with Crippen LogP contribution in [0.25, 0.3) is 28.1 Å². The Morgan fingerprint density at radius 2 is 1.83 bits per heavy atom. The SMILES string of the molecule is N#Cc1cn2c(nc1-c1ccc([N+](=O)[O-])cc1)nc1ccccc12. The van der Waals surface area contributed by atoms with Crippen molar-refractivity contribution in [1.29, 1.82) is 5.26 Å². The van der Waals surface area contributed by atoms with Crippen LogP contribution in [0.4, 0.5) is 5.69 Å². The highest BCUT2D eigenvalue weighted by molar-refractivity contribution is 5.81. The molecule has 4 rings (SSSR count). The summed E-state index contributed by atoms with van der Waals surface area (Å²) >= 11 is 0. The molecule has 0 amide bonds. The Balaban J connectivity index is 1.96. The molecule has 0 radical (unpaired) electrons. The van der Waals surface area contributed by atoms with Crippen molar-refractivity contribution in [1.82, 2.24) is 14.4 Å². The molecule has 0 bridgehead atoms. The van der Waals surface area contributed by atoms with E-state index in [-0.39, 0.29) is 5.69 Å². The van der Waals surface area contributed by atoms with Crippen LogP contribution in [0.1, 0.15) is 5.56 Å². The van der Waals surface area contributed by atoms with Gasteiger partial charge in [-0.25, -0.2) is 9.97 Å². The van der Waals surface area contributed by atoms with Crippen molar-refractivity contribution in [2.45, 2.75) is 0 Å². The lowest BCUT2D eigenvalue weighted by molar-refractivity contribution is -0.384. The number of non-ortho nitro benzene ring substituents is 1. The van der Waals surface area contributed by atoms with Crippen LogP contribution in [-0.2, 0) is 0 Å². The van der Waals surface area contributed by atoms with Crippen LogP contribution < -0.4 is 0 Å². The molecule has 0 saturated carbocycles. The molecule has 0 unspecified atom stereocenters. The second-order valence-electron chi connectivity index (χ2n) is 5.19. The van der Waals surface area contributed by atoms with Gasteiger partial charge in [-0.3, -0.25) is 14.5 Å². The van der Waals surface area contributed by atoms with E-state index in [9.17, 15) is 15.4 Å². The number of nitro benzene ring substituents is 1. The third-order valence-corrected chi connectivity index (χ3v) is 3.77. The maximum Gasteiger partial charge on any atom is 0.269 e. The predicted molar refractivity (Wildman–Crippen MR) is 87.3 cm³/mol. The molecule has 114 valence electrons. The fourth-order valence-corrected chi connectivity index (χ4v) is 2.63. The molecule has 4 aromatic rings. The van der Waals surface area contributed by atoms with Crippen LogP contribution in [0.5, 0.6) is 0 Å². The van der Waals surface area contributed by atoms with E-state index in [1.807, 2.05) is 24.3 Å². The quantitative estimate of drug-likeness (QED) is 0.417. The van der Waals surface area contributed by atoms with E-state index in [1.165, 1.54) is 12.1 Å². The molecule has 24 heavy (non-hydrogen) atoms. The number of aromatic nitrogens is 3. The van der Waals surface area contributed by atoms with Gasteiger partial charge in [0.15, 0.2) is 0 Å². The molecule has 0 fully saturated rings. The number of nitriles is 1. The van der Waals surface area contributed by atoms with Crippen LogP contribution in [0.3, 0.4) is 0 Å². The highest BCUT2D eigenvalue weighted by Gasteiger charge is 2.14. The highest BCUT2D eigenvalue weighted by atomic mass is 16.6. The Morgan fingerprint density at radius 1 is 1.08 bits per heavy atom. The van der Waals surface area contributed by atoms with Crippen LogP contribution in [0.15, 0.2) is 54.7 Å². The largest absolute Gasteiger partial charge is 0.282 e. The zero-order chi connectivity index (χ0) is 16.7. The number of hydrogen-bond donors (Lipinski definition) is 0. The molecule has 2 heterocycles. The van der Waals surface area contributed by atoms with Gasteiger partial charge >= 0.3 is 0 Å². The number of fused-ring (bicyclic) bond motifs is 3. The van der Waals surface area contributed by atoms with E-state index in [0.717, 1.165) is 11.0 Å². The fraction of sp³-hybridized carbons (Fsp3) is 0. The number of nitro groups is 1. The van der Waals surface area contributed by atoms with Crippen molar-refractivity contribution in [3.05, 3.63) is 70.4 Å². The molecule has 0 aliphatic rings. The summed E-state index contributed by atoms with van der Waals surface area (Å²) < 4.78 is 1.77. The Hall–Kier alpha value is -3.79. The first-order chi connectivity index (χ1) is 11.7. The van der Waals surface area contributed by atoms with E-state index in [4.69, 9.17) is 0 Å². The molecule has 0 saturated heterocycles. The van der Waals surface area contributed by atoms with Gasteiger partial charge in [-0.2, -0.15) is 5.26 Å². The summed E-state index contributed by atoms with van der Waals surface area (Å²) in [6.45, 7) is 0. The van der Waals surface area contributed by atoms with Gasteiger partial charge in [0.05, 0.1) is 27.2 Å². The van der Waals surface area contributed by atoms with Gasteiger partial charge in [0, 0.05) is 23.9 Å². The van der Waals surface area contributed by atoms with Crippen LogP contribution >= 0.6 is 0 Å². The van der Waals surface area contributed by atoms with Crippen molar-refractivity contribution in [3.8, 4) is 17.3 Å². The standard InChI is InChI=1S/C17H9N5O2/c18-9-12-10-21-15-4-2-1-3-14(15)19-17(21)20-16(12)11-5-7-13(8-6-11)22(23)24/h1-8,10H. The number of rotatable bonds is 2. The zero-order valence-electron chi connectivity index (χ0n) is 12.2. The minimum atomic E-state index is -0.465. The van der Waals surface area contributed by atoms with Crippen molar-refractivity contribution in [2.24, 2.45) is 0 Å². The summed E-state index contributed by atoms with van der Waals surface area (Å²) in [7, 11) is 0. The fourth-order valence-electron chi connectivity index (χ4n) is 2.63. The van der Waals surface area contributed by atoms with E-state index < -0.39 is 4.92 Å². The first kappa shape index (κ1) is 13.8. The lowest BCUT2D eigenvalue weighted by Crippen LogP contribution is -1.96. The van der Waals surface area contributed by atoms with Gasteiger partial charge in [0.25, 0.3) is 5.69 Å². The molecular weight excluding hydrogens is 306 g/mol. The van der Waals surface area contributed by atoms with E-state index >= 15 is 0 Å². The number of para-hydroxylation sites is 2. The Labute approximate surface area is 135 Å². The topological polar surface area (TPSA) is 97.1 Å². The van der Waals surface area contributed by atoms with Crippen molar-refractivity contribution < 1.29 is 4.92 Å². The number of imidazole rings is 1. The molecular formula is C17H9N5O2. The molecule has 0 atom stereocenters. The summed E-state index contributed by atoms with van der Waals surface area (Å²) in [5, 5.41) is 20.2. The third kappa shape index (κ3) is 2.06. The van der Waals surface area contributed by atoms with Gasteiger partial charge in [0.2, 0.25) is 5.78 Å². The number of benzene rings is 2. The maximum atomic E-state index is 10.8. The summed E-state index contributed by atoms with van der Waals surface area (Å²) in [4.78, 5) is 19.2. The zero-order valence-corrected chi connectivity index (χ0v) is 12.2. The lowest BCUT2D eigenvalue weighted by atomic mass is 10.1. The summed E-state index contributed by atoms with van der Waals surface area (Å²) in [6.07, 6.45) is 1.69. The first-order valence-electron chi connectivity index (χ1n) is 7.10. The number of nitrogens with zero attached hydrogens (tertiary/aromatic N) is 5. The molecule has 7 heteroatoms. The van der Waals surface area contributed by atoms with E-state index in [2.05, 4.69) is 16.0 Å². The third-order valence-electron chi connectivity index (χ3n) is 3.77. The first-order valence-corrected chi connectivity index (χ1v) is 7.10. The molecule has 2 aromatic heterocycles. The number of hydrogen-bond acceptors (Lipinski definition) is 5. The second kappa shape index (κ2) is 5.14. The van der Waals surface area contributed by atoms with Gasteiger partial charge in [-0.1, -0.05) is 12.1 Å². The van der Waals surface area contributed by atoms with Gasteiger partial charge in [-0.05, 0) is 24.3 Å². The summed E-state index contributed by atoms with van der Waals surface area (Å²) in [5.74, 6) is 0.476. The monoisotopic (exact) mass is 315 g/mol. The molecule has 0 spiro atoms. The van der Waals surface area contributed by atoms with Crippen molar-refractivity contribution in [2.75, 3.05) is 0 Å². The normalized spacial score (nSPS) is 10.8. The van der Waals surface area contributed by atoms with Crippen LogP contribution in [0, 0.1) is 21.4 Å². The van der Waals surface area contributed by atoms with Crippen molar-refractivity contribution >= 4 is 22.5 Å².